The Hall–Kier alpha value is -2.41. The number of amides is 2. The van der Waals surface area contributed by atoms with E-state index in [1.54, 1.807) is 6.07 Å². The predicted octanol–water partition coefficient (Wildman–Crippen LogP) is 1.22. The van der Waals surface area contributed by atoms with E-state index in [0.29, 0.717) is 34.7 Å². The smallest absolute Gasteiger partial charge is 0.270 e. The van der Waals surface area contributed by atoms with Crippen LogP contribution in [0.25, 0.3) is 11.0 Å². The Bertz CT molecular complexity index is 749. The van der Waals surface area contributed by atoms with Gasteiger partial charge in [0.1, 0.15) is 12.0 Å². The minimum absolute atomic E-state index is 0.177. The maximum atomic E-state index is 12.5. The average molecular weight is 314 g/mol. The van der Waals surface area contributed by atoms with Crippen LogP contribution in [0.4, 0.5) is 5.69 Å². The molecular weight excluding hydrogens is 296 g/mol. The van der Waals surface area contributed by atoms with E-state index >= 15 is 0 Å². The van der Waals surface area contributed by atoms with Gasteiger partial charge in [0.15, 0.2) is 5.58 Å². The molecule has 0 spiro atoms. The molecule has 3 fully saturated rings. The van der Waals surface area contributed by atoms with Crippen molar-refractivity contribution in [1.29, 1.82) is 0 Å². The zero-order valence-corrected chi connectivity index (χ0v) is 12.6. The normalized spacial score (nSPS) is 26.2. The molecule has 0 radical (unpaired) electrons. The molecule has 2 bridgehead atoms. The molecule has 3 saturated heterocycles. The topological polar surface area (TPSA) is 87.5 Å². The number of nitrogens with one attached hydrogen (secondary N) is 2. The summed E-state index contributed by atoms with van der Waals surface area (Å²) in [6, 6.07) is 1.85. The third-order valence-corrected chi connectivity index (χ3v) is 4.88. The number of fused-ring (bicyclic) bond motifs is 4. The van der Waals surface area contributed by atoms with Gasteiger partial charge in [0.25, 0.3) is 5.91 Å². The third-order valence-electron chi connectivity index (χ3n) is 4.88. The molecule has 23 heavy (non-hydrogen) atoms. The Kier molecular flexibility index (Phi) is 3.49. The quantitative estimate of drug-likeness (QED) is 0.829. The van der Waals surface area contributed by atoms with Crippen molar-refractivity contribution in [3.05, 3.63) is 24.2 Å². The molecule has 2 amide bonds. The van der Waals surface area contributed by atoms with E-state index in [9.17, 15) is 9.59 Å². The lowest BCUT2D eigenvalue weighted by Gasteiger charge is -2.44. The average Bonchev–Trinajstić information content (AvgIpc) is 2.99. The number of aromatic nitrogens is 1. The van der Waals surface area contributed by atoms with E-state index in [-0.39, 0.29) is 11.9 Å². The molecular formula is C16H18N4O3. The van der Waals surface area contributed by atoms with Gasteiger partial charge in [0.2, 0.25) is 6.41 Å². The van der Waals surface area contributed by atoms with Crippen LogP contribution in [-0.2, 0) is 4.79 Å². The van der Waals surface area contributed by atoms with E-state index in [1.165, 1.54) is 12.5 Å². The summed E-state index contributed by atoms with van der Waals surface area (Å²) in [6.07, 6.45) is 5.82. The Morgan fingerprint density at radius 3 is 2.91 bits per heavy atom. The maximum Gasteiger partial charge on any atom is 0.270 e. The van der Waals surface area contributed by atoms with Gasteiger partial charge in [-0.3, -0.25) is 9.59 Å². The highest BCUT2D eigenvalue weighted by molar-refractivity contribution is 6.00. The van der Waals surface area contributed by atoms with Gasteiger partial charge in [-0.25, -0.2) is 4.98 Å². The number of carbonyl (C=O) groups is 2. The summed E-state index contributed by atoms with van der Waals surface area (Å²) >= 11 is 0. The van der Waals surface area contributed by atoms with Crippen molar-refractivity contribution in [2.45, 2.75) is 18.9 Å². The number of furan rings is 1. The molecule has 7 heteroatoms. The zero-order valence-electron chi connectivity index (χ0n) is 12.6. The van der Waals surface area contributed by atoms with Crippen molar-refractivity contribution >= 4 is 29.0 Å². The van der Waals surface area contributed by atoms with E-state index in [4.69, 9.17) is 4.42 Å². The fourth-order valence-corrected chi connectivity index (χ4v) is 3.60. The van der Waals surface area contributed by atoms with Gasteiger partial charge in [-0.2, -0.15) is 0 Å². The highest BCUT2D eigenvalue weighted by Gasteiger charge is 2.35. The van der Waals surface area contributed by atoms with Gasteiger partial charge in [-0.05, 0) is 37.9 Å². The summed E-state index contributed by atoms with van der Waals surface area (Å²) in [5.74, 6) is 0.387. The standard InChI is InChI=1S/C16H18N4O3/c21-9-18-14-8-23-15-6-17-12(5-11(14)15)16(22)19-13-7-20-3-1-10(13)2-4-20/h5-6,8-10,13H,1-4,7H2,(H,18,21)(H,19,22). The Balaban J connectivity index is 1.54. The third kappa shape index (κ3) is 2.57. The summed E-state index contributed by atoms with van der Waals surface area (Å²) in [5, 5.41) is 6.34. The summed E-state index contributed by atoms with van der Waals surface area (Å²) in [6.45, 7) is 3.19. The lowest BCUT2D eigenvalue weighted by atomic mass is 9.84. The molecule has 120 valence electrons. The van der Waals surface area contributed by atoms with Gasteiger partial charge in [-0.15, -0.1) is 0 Å². The maximum absolute atomic E-state index is 12.5. The molecule has 0 aromatic carbocycles. The van der Waals surface area contributed by atoms with Crippen molar-refractivity contribution in [2.75, 3.05) is 25.0 Å². The minimum atomic E-state index is -0.177. The van der Waals surface area contributed by atoms with Gasteiger partial charge < -0.3 is 20.0 Å². The summed E-state index contributed by atoms with van der Waals surface area (Å²) < 4.78 is 5.30. The number of hydrogen-bond donors (Lipinski definition) is 2. The van der Waals surface area contributed by atoms with Gasteiger partial charge in [-0.1, -0.05) is 0 Å². The molecule has 5 heterocycles. The van der Waals surface area contributed by atoms with E-state index in [1.807, 2.05) is 0 Å². The molecule has 7 nitrogen and oxygen atoms in total. The van der Waals surface area contributed by atoms with Crippen LogP contribution in [0.2, 0.25) is 0 Å². The first-order valence-electron chi connectivity index (χ1n) is 7.85. The lowest BCUT2D eigenvalue weighted by molar-refractivity contribution is -0.105. The molecule has 1 atom stereocenters. The van der Waals surface area contributed by atoms with Crippen LogP contribution in [0.15, 0.2) is 22.9 Å². The Labute approximate surface area is 133 Å². The molecule has 2 aromatic rings. The Morgan fingerprint density at radius 1 is 1.39 bits per heavy atom. The van der Waals surface area contributed by atoms with Crippen LogP contribution < -0.4 is 10.6 Å². The molecule has 1 unspecified atom stereocenters. The molecule has 0 aliphatic carbocycles. The molecule has 2 aromatic heterocycles. The molecule has 3 aliphatic heterocycles. The first-order valence-corrected chi connectivity index (χ1v) is 7.85. The van der Waals surface area contributed by atoms with Crippen LogP contribution in [0, 0.1) is 5.92 Å². The van der Waals surface area contributed by atoms with E-state index in [2.05, 4.69) is 20.5 Å². The SMILES string of the molecule is O=CNc1coc2cnc(C(=O)NC3CN4CCC3CC4)cc12. The van der Waals surface area contributed by atoms with E-state index < -0.39 is 0 Å². The van der Waals surface area contributed by atoms with Crippen molar-refractivity contribution < 1.29 is 14.0 Å². The number of anilines is 1. The van der Waals surface area contributed by atoms with Gasteiger partial charge in [0.05, 0.1) is 11.9 Å². The van der Waals surface area contributed by atoms with Crippen molar-refractivity contribution in [1.82, 2.24) is 15.2 Å². The van der Waals surface area contributed by atoms with Crippen molar-refractivity contribution in [3.63, 3.8) is 0 Å². The van der Waals surface area contributed by atoms with Crippen LogP contribution >= 0.6 is 0 Å². The fraction of sp³-hybridized carbons (Fsp3) is 0.438. The molecule has 3 aliphatic rings. The lowest BCUT2D eigenvalue weighted by Crippen LogP contribution is -2.57. The van der Waals surface area contributed by atoms with Gasteiger partial charge >= 0.3 is 0 Å². The van der Waals surface area contributed by atoms with Crippen molar-refractivity contribution in [3.8, 4) is 0 Å². The van der Waals surface area contributed by atoms with E-state index in [0.717, 1.165) is 32.5 Å². The molecule has 2 N–H and O–H groups in total. The highest BCUT2D eigenvalue weighted by Crippen LogP contribution is 2.28. The van der Waals surface area contributed by atoms with Crippen LogP contribution in [0.5, 0.6) is 0 Å². The predicted molar refractivity (Wildman–Crippen MR) is 84.1 cm³/mol. The summed E-state index contributed by atoms with van der Waals surface area (Å²) in [4.78, 5) is 29.7. The number of carbonyl (C=O) groups excluding carboxylic acids is 2. The number of piperidine rings is 3. The molecule has 0 saturated carbocycles. The first kappa shape index (κ1) is 14.2. The van der Waals surface area contributed by atoms with Crippen LogP contribution in [-0.4, -0.2) is 47.9 Å². The Morgan fingerprint density at radius 2 is 2.22 bits per heavy atom. The largest absolute Gasteiger partial charge is 0.460 e. The second-order valence-electron chi connectivity index (χ2n) is 6.20. The zero-order chi connectivity index (χ0) is 15.8. The summed E-state index contributed by atoms with van der Waals surface area (Å²) in [5.41, 5.74) is 1.41. The monoisotopic (exact) mass is 314 g/mol. The minimum Gasteiger partial charge on any atom is -0.460 e. The van der Waals surface area contributed by atoms with Gasteiger partial charge in [0, 0.05) is 18.0 Å². The summed E-state index contributed by atoms with van der Waals surface area (Å²) in [7, 11) is 0. The van der Waals surface area contributed by atoms with Crippen LogP contribution in [0.3, 0.4) is 0 Å². The number of hydrogen-bond acceptors (Lipinski definition) is 5. The number of pyridine rings is 1. The van der Waals surface area contributed by atoms with Crippen LogP contribution in [0.1, 0.15) is 23.3 Å². The number of rotatable bonds is 4. The second kappa shape index (κ2) is 5.66. The second-order valence-corrected chi connectivity index (χ2v) is 6.20. The number of nitrogens with zero attached hydrogens (tertiary/aromatic N) is 2. The fourth-order valence-electron chi connectivity index (χ4n) is 3.60. The highest BCUT2D eigenvalue weighted by atomic mass is 16.3. The van der Waals surface area contributed by atoms with Crippen molar-refractivity contribution in [2.24, 2.45) is 5.92 Å². The molecule has 5 rings (SSSR count). The first-order chi connectivity index (χ1) is 11.2.